The van der Waals surface area contributed by atoms with Crippen molar-refractivity contribution in [2.24, 2.45) is 7.05 Å². The SMILES string of the molecule is CC(=O)Nc1ccccc1OC(=O)N1CCc2cc(-c3cc(C(=O)N(C)c4ccc(O)cc4)c(C)n3C)c(C(=O)N3Cc4ccccc4C[C@H]3CN3CCOCC3)cc2C1. The Hall–Kier alpha value is -6.44. The summed E-state index contributed by atoms with van der Waals surface area (Å²) in [6, 6.07) is 27.3. The van der Waals surface area contributed by atoms with Crippen molar-refractivity contribution in [3.63, 3.8) is 0 Å². The van der Waals surface area contributed by atoms with Crippen LogP contribution in [0.15, 0.2) is 91.0 Å². The van der Waals surface area contributed by atoms with Crippen molar-refractivity contribution in [2.75, 3.05) is 56.7 Å². The van der Waals surface area contributed by atoms with E-state index in [9.17, 15) is 19.5 Å². The molecule has 13 heteroatoms. The van der Waals surface area contributed by atoms with Crippen molar-refractivity contribution in [2.45, 2.75) is 45.8 Å². The van der Waals surface area contributed by atoms with Crippen molar-refractivity contribution in [3.8, 4) is 22.8 Å². The van der Waals surface area contributed by atoms with E-state index in [0.29, 0.717) is 73.8 Å². The molecule has 0 radical (unpaired) electrons. The molecule has 3 aliphatic rings. The minimum atomic E-state index is -0.562. The van der Waals surface area contributed by atoms with Gasteiger partial charge in [-0.2, -0.15) is 0 Å². The van der Waals surface area contributed by atoms with Crippen molar-refractivity contribution in [3.05, 3.63) is 130 Å². The van der Waals surface area contributed by atoms with Crippen molar-refractivity contribution < 1.29 is 33.8 Å². The zero-order chi connectivity index (χ0) is 42.1. The number of nitrogens with one attached hydrogen (secondary N) is 1. The molecule has 0 aliphatic carbocycles. The maximum atomic E-state index is 15.4. The number of para-hydroxylation sites is 2. The Balaban J connectivity index is 1.18. The van der Waals surface area contributed by atoms with E-state index < -0.39 is 6.09 Å². The fourth-order valence-corrected chi connectivity index (χ4v) is 8.53. The first-order valence-electron chi connectivity index (χ1n) is 20.4. The minimum absolute atomic E-state index is 0.101. The predicted molar refractivity (Wildman–Crippen MR) is 228 cm³/mol. The van der Waals surface area contributed by atoms with E-state index in [0.717, 1.165) is 41.2 Å². The number of ether oxygens (including phenoxy) is 2. The van der Waals surface area contributed by atoms with Gasteiger partial charge in [0.2, 0.25) is 5.91 Å². The molecule has 8 rings (SSSR count). The summed E-state index contributed by atoms with van der Waals surface area (Å²) in [6.07, 6.45) is 0.659. The second-order valence-electron chi connectivity index (χ2n) is 15.8. The summed E-state index contributed by atoms with van der Waals surface area (Å²) < 4.78 is 13.4. The van der Waals surface area contributed by atoms with Crippen LogP contribution in [-0.2, 0) is 42.5 Å². The number of aromatic hydroxyl groups is 1. The molecule has 0 spiro atoms. The molecule has 0 unspecified atom stereocenters. The number of carbonyl (C=O) groups excluding carboxylic acids is 4. The van der Waals surface area contributed by atoms with Gasteiger partial charge in [0.1, 0.15) is 5.75 Å². The molecule has 4 aromatic carbocycles. The van der Waals surface area contributed by atoms with Gasteiger partial charge in [0, 0.05) is 94.5 Å². The van der Waals surface area contributed by atoms with Crippen molar-refractivity contribution in [1.29, 1.82) is 0 Å². The second kappa shape index (κ2) is 17.0. The molecule has 4 amide bonds. The summed E-state index contributed by atoms with van der Waals surface area (Å²) in [5.41, 5.74) is 8.33. The number of amides is 4. The van der Waals surface area contributed by atoms with Crippen LogP contribution in [0.2, 0.25) is 0 Å². The van der Waals surface area contributed by atoms with E-state index in [1.165, 1.54) is 12.5 Å². The molecule has 1 aromatic heterocycles. The smallest absolute Gasteiger partial charge is 0.415 e. The van der Waals surface area contributed by atoms with Gasteiger partial charge in [-0.25, -0.2) is 4.79 Å². The van der Waals surface area contributed by atoms with Gasteiger partial charge < -0.3 is 39.2 Å². The molecular formula is C47H50N6O7. The highest BCUT2D eigenvalue weighted by molar-refractivity contribution is 6.08. The first kappa shape index (κ1) is 40.3. The number of nitrogens with zero attached hydrogens (tertiary/aromatic N) is 5. The molecule has 1 atom stereocenters. The molecule has 310 valence electrons. The normalized spacial score (nSPS) is 16.4. The van der Waals surface area contributed by atoms with Crippen LogP contribution < -0.4 is 15.0 Å². The zero-order valence-corrected chi connectivity index (χ0v) is 34.4. The second-order valence-corrected chi connectivity index (χ2v) is 15.8. The number of phenolic OH excluding ortho intramolecular Hbond substituents is 1. The maximum Gasteiger partial charge on any atom is 0.415 e. The van der Waals surface area contributed by atoms with E-state index in [-0.39, 0.29) is 41.8 Å². The quantitative estimate of drug-likeness (QED) is 0.184. The van der Waals surface area contributed by atoms with Gasteiger partial charge in [0.25, 0.3) is 11.8 Å². The Kier molecular flexibility index (Phi) is 11.5. The standard InChI is InChI=1S/C47H50N6O7/c1-30-39(45(56)50(4)36-13-15-38(55)16-14-36)26-43(49(30)3)40-24-33-17-18-52(47(58)60-44-12-8-7-11-42(44)48-31(2)54)27-35(33)25-41(40)46(57)53-28-34-10-6-5-9-32(34)23-37(53)29-51-19-21-59-22-20-51/h5-16,24-26,37,55H,17-23,27-29H2,1-4H3,(H,48,54)/t37-/m0/s1. The molecule has 0 saturated carbocycles. The lowest BCUT2D eigenvalue weighted by atomic mass is 9.89. The lowest BCUT2D eigenvalue weighted by Crippen LogP contribution is -2.52. The van der Waals surface area contributed by atoms with Gasteiger partial charge in [0.05, 0.1) is 24.5 Å². The van der Waals surface area contributed by atoms with Gasteiger partial charge >= 0.3 is 6.09 Å². The van der Waals surface area contributed by atoms with E-state index >= 15 is 4.79 Å². The average molecular weight is 811 g/mol. The molecule has 1 fully saturated rings. The van der Waals surface area contributed by atoms with Crippen LogP contribution in [0.4, 0.5) is 16.2 Å². The van der Waals surface area contributed by atoms with Crippen molar-refractivity contribution in [1.82, 2.24) is 19.3 Å². The largest absolute Gasteiger partial charge is 0.508 e. The predicted octanol–water partition coefficient (Wildman–Crippen LogP) is 6.40. The van der Waals surface area contributed by atoms with Crippen molar-refractivity contribution >= 4 is 35.2 Å². The van der Waals surface area contributed by atoms with Crippen LogP contribution in [0.5, 0.6) is 11.5 Å². The number of morpholine rings is 1. The van der Waals surface area contributed by atoms with Crippen LogP contribution in [-0.4, -0.2) is 101 Å². The van der Waals surface area contributed by atoms with Crippen LogP contribution in [0.1, 0.15) is 55.6 Å². The molecule has 3 aliphatic heterocycles. The van der Waals surface area contributed by atoms with Crippen LogP contribution in [0.3, 0.4) is 0 Å². The number of anilines is 2. The van der Waals surface area contributed by atoms with E-state index in [2.05, 4.69) is 34.5 Å². The highest BCUT2D eigenvalue weighted by Gasteiger charge is 2.35. The molecule has 60 heavy (non-hydrogen) atoms. The molecule has 13 nitrogen and oxygen atoms in total. The molecule has 4 heterocycles. The number of carbonyl (C=O) groups is 4. The summed E-state index contributed by atoms with van der Waals surface area (Å²) in [5.74, 6) is -0.279. The van der Waals surface area contributed by atoms with Crippen LogP contribution in [0.25, 0.3) is 11.3 Å². The zero-order valence-electron chi connectivity index (χ0n) is 34.4. The Labute approximate surface area is 349 Å². The number of phenols is 1. The Morgan fingerprint density at radius 1 is 0.850 bits per heavy atom. The van der Waals surface area contributed by atoms with Gasteiger partial charge in [-0.05, 0) is 96.6 Å². The summed E-state index contributed by atoms with van der Waals surface area (Å²) in [5, 5.41) is 12.6. The monoisotopic (exact) mass is 810 g/mol. The Bertz CT molecular complexity index is 2450. The highest BCUT2D eigenvalue weighted by Crippen LogP contribution is 2.36. The average Bonchev–Trinajstić information content (AvgIpc) is 3.55. The number of hydrogen-bond donors (Lipinski definition) is 2. The number of rotatable bonds is 8. The minimum Gasteiger partial charge on any atom is -0.508 e. The fourth-order valence-electron chi connectivity index (χ4n) is 8.53. The summed E-state index contributed by atoms with van der Waals surface area (Å²) >= 11 is 0. The van der Waals surface area contributed by atoms with E-state index in [1.807, 2.05) is 41.6 Å². The molecule has 1 saturated heterocycles. The summed E-state index contributed by atoms with van der Waals surface area (Å²) in [6.45, 7) is 7.92. The summed E-state index contributed by atoms with van der Waals surface area (Å²) in [7, 11) is 3.61. The van der Waals surface area contributed by atoms with Crippen LogP contribution in [0, 0.1) is 6.92 Å². The molecular weight excluding hydrogens is 761 g/mol. The number of hydrogen-bond acceptors (Lipinski definition) is 8. The third-order valence-electron chi connectivity index (χ3n) is 12.0. The lowest BCUT2D eigenvalue weighted by molar-refractivity contribution is -0.114. The molecule has 2 N–H and O–H groups in total. The van der Waals surface area contributed by atoms with Crippen LogP contribution >= 0.6 is 0 Å². The molecule has 0 bridgehead atoms. The highest BCUT2D eigenvalue weighted by atomic mass is 16.6. The third-order valence-corrected chi connectivity index (χ3v) is 12.0. The maximum absolute atomic E-state index is 15.4. The van der Waals surface area contributed by atoms with Gasteiger partial charge in [-0.15, -0.1) is 0 Å². The van der Waals surface area contributed by atoms with E-state index in [1.54, 1.807) is 65.4 Å². The van der Waals surface area contributed by atoms with Gasteiger partial charge in [-0.3, -0.25) is 19.3 Å². The first-order valence-corrected chi connectivity index (χ1v) is 20.4. The topological polar surface area (TPSA) is 137 Å². The summed E-state index contributed by atoms with van der Waals surface area (Å²) in [4.78, 5) is 62.6. The Morgan fingerprint density at radius 2 is 1.57 bits per heavy atom. The van der Waals surface area contributed by atoms with Gasteiger partial charge in [0.15, 0.2) is 5.75 Å². The fraction of sp³-hybridized carbons (Fsp3) is 0.319. The Morgan fingerprint density at radius 3 is 2.32 bits per heavy atom. The first-order chi connectivity index (χ1) is 28.9. The number of benzene rings is 4. The lowest BCUT2D eigenvalue weighted by Gasteiger charge is -2.41. The number of aromatic nitrogens is 1. The third kappa shape index (κ3) is 8.23. The van der Waals surface area contributed by atoms with Gasteiger partial charge in [-0.1, -0.05) is 36.4 Å². The van der Waals surface area contributed by atoms with E-state index in [4.69, 9.17) is 9.47 Å². The molecule has 5 aromatic rings. The number of fused-ring (bicyclic) bond motifs is 2.